The van der Waals surface area contributed by atoms with E-state index in [0.29, 0.717) is 17.1 Å². The predicted molar refractivity (Wildman–Crippen MR) is 109 cm³/mol. The van der Waals surface area contributed by atoms with Crippen LogP contribution in [0.2, 0.25) is 5.02 Å². The molecular formula is C21H23ClN2O4. The third-order valence-corrected chi connectivity index (χ3v) is 4.43. The van der Waals surface area contributed by atoms with Crippen molar-refractivity contribution in [2.75, 3.05) is 17.2 Å². The standard InChI is InChI=1S/C21H23ClN2O4/c1-14-10-11-16(12-17(14)22)23-20(26)13-28-21(27)9-5-8-19(25)24-18-7-4-3-6-15(18)2/h3-4,6-7,10-12H,5,8-9,13H2,1-2H3,(H,23,26)(H,24,25). The Bertz CT molecular complexity index is 867. The van der Waals surface area contributed by atoms with Crippen molar-refractivity contribution in [1.29, 1.82) is 0 Å². The van der Waals surface area contributed by atoms with Gasteiger partial charge < -0.3 is 15.4 Å². The van der Waals surface area contributed by atoms with Gasteiger partial charge in [-0.15, -0.1) is 0 Å². The summed E-state index contributed by atoms with van der Waals surface area (Å²) >= 11 is 6.00. The number of benzene rings is 2. The highest BCUT2D eigenvalue weighted by Crippen LogP contribution is 2.19. The van der Waals surface area contributed by atoms with Crippen LogP contribution in [-0.2, 0) is 19.1 Å². The van der Waals surface area contributed by atoms with Gasteiger partial charge in [0.15, 0.2) is 6.61 Å². The quantitative estimate of drug-likeness (QED) is 0.646. The fourth-order valence-corrected chi connectivity index (χ4v) is 2.59. The molecule has 2 N–H and O–H groups in total. The van der Waals surface area contributed by atoms with Gasteiger partial charge in [0, 0.05) is 29.2 Å². The summed E-state index contributed by atoms with van der Waals surface area (Å²) in [6, 6.07) is 12.6. The topological polar surface area (TPSA) is 84.5 Å². The lowest BCUT2D eigenvalue weighted by atomic mass is 10.2. The summed E-state index contributed by atoms with van der Waals surface area (Å²) in [6.07, 6.45) is 0.591. The van der Waals surface area contributed by atoms with Crippen LogP contribution in [0.1, 0.15) is 30.4 Å². The number of ether oxygens (including phenoxy) is 1. The van der Waals surface area contributed by atoms with E-state index in [9.17, 15) is 14.4 Å². The maximum atomic E-state index is 11.9. The zero-order valence-corrected chi connectivity index (χ0v) is 16.6. The van der Waals surface area contributed by atoms with Crippen molar-refractivity contribution in [2.24, 2.45) is 0 Å². The molecule has 2 aromatic carbocycles. The summed E-state index contributed by atoms with van der Waals surface area (Å²) in [5, 5.41) is 5.95. The lowest BCUT2D eigenvalue weighted by Crippen LogP contribution is -2.21. The summed E-state index contributed by atoms with van der Waals surface area (Å²) < 4.78 is 4.93. The average molecular weight is 403 g/mol. The molecule has 0 bridgehead atoms. The SMILES string of the molecule is Cc1ccc(NC(=O)COC(=O)CCCC(=O)Nc2ccccc2C)cc1Cl. The second-order valence-electron chi connectivity index (χ2n) is 6.39. The van der Waals surface area contributed by atoms with Crippen molar-refractivity contribution in [3.63, 3.8) is 0 Å². The third kappa shape index (κ3) is 7.04. The highest BCUT2D eigenvalue weighted by Gasteiger charge is 2.10. The van der Waals surface area contributed by atoms with Crippen molar-refractivity contribution in [1.82, 2.24) is 0 Å². The Balaban J connectivity index is 1.65. The van der Waals surface area contributed by atoms with E-state index in [-0.39, 0.29) is 25.4 Å². The van der Waals surface area contributed by atoms with E-state index in [1.165, 1.54) is 0 Å². The molecule has 2 rings (SSSR count). The van der Waals surface area contributed by atoms with E-state index in [0.717, 1.165) is 16.8 Å². The molecule has 148 valence electrons. The third-order valence-electron chi connectivity index (χ3n) is 4.02. The molecule has 2 amide bonds. The molecule has 6 nitrogen and oxygen atoms in total. The Morgan fingerprint density at radius 2 is 1.68 bits per heavy atom. The molecule has 0 radical (unpaired) electrons. The van der Waals surface area contributed by atoms with Crippen LogP contribution in [0.15, 0.2) is 42.5 Å². The monoisotopic (exact) mass is 402 g/mol. The minimum absolute atomic E-state index is 0.0603. The molecule has 0 aliphatic carbocycles. The maximum absolute atomic E-state index is 11.9. The lowest BCUT2D eigenvalue weighted by Gasteiger charge is -2.09. The van der Waals surface area contributed by atoms with Crippen LogP contribution in [0.25, 0.3) is 0 Å². The van der Waals surface area contributed by atoms with Crippen LogP contribution in [0.5, 0.6) is 0 Å². The first-order valence-electron chi connectivity index (χ1n) is 8.92. The molecule has 0 aliphatic rings. The molecule has 0 spiro atoms. The minimum atomic E-state index is -0.527. The highest BCUT2D eigenvalue weighted by molar-refractivity contribution is 6.31. The molecule has 28 heavy (non-hydrogen) atoms. The van der Waals surface area contributed by atoms with E-state index < -0.39 is 11.9 Å². The van der Waals surface area contributed by atoms with Gasteiger partial charge in [0.05, 0.1) is 0 Å². The fourth-order valence-electron chi connectivity index (χ4n) is 2.41. The van der Waals surface area contributed by atoms with Gasteiger partial charge in [-0.05, 0) is 49.6 Å². The Labute approximate surface area is 169 Å². The molecule has 0 saturated heterocycles. The van der Waals surface area contributed by atoms with Crippen LogP contribution in [-0.4, -0.2) is 24.4 Å². The van der Waals surface area contributed by atoms with Gasteiger partial charge in [0.2, 0.25) is 5.91 Å². The first-order valence-corrected chi connectivity index (χ1v) is 9.30. The van der Waals surface area contributed by atoms with Crippen LogP contribution in [0.4, 0.5) is 11.4 Å². The Hall–Kier alpha value is -2.86. The normalized spacial score (nSPS) is 10.2. The number of carbonyl (C=O) groups is 3. The number of carbonyl (C=O) groups excluding carboxylic acids is 3. The highest BCUT2D eigenvalue weighted by atomic mass is 35.5. The van der Waals surface area contributed by atoms with Gasteiger partial charge >= 0.3 is 5.97 Å². The Morgan fingerprint density at radius 1 is 0.929 bits per heavy atom. The second kappa shape index (κ2) is 10.5. The molecule has 0 fully saturated rings. The van der Waals surface area contributed by atoms with Crippen molar-refractivity contribution >= 4 is 40.8 Å². The summed E-state index contributed by atoms with van der Waals surface area (Å²) in [5.41, 5.74) is 3.15. The molecular weight excluding hydrogens is 380 g/mol. The number of esters is 1. The molecule has 0 aliphatic heterocycles. The molecule has 0 unspecified atom stereocenters. The number of hydrogen-bond acceptors (Lipinski definition) is 4. The number of para-hydroxylation sites is 1. The van der Waals surface area contributed by atoms with Gasteiger partial charge in [-0.2, -0.15) is 0 Å². The second-order valence-corrected chi connectivity index (χ2v) is 6.80. The maximum Gasteiger partial charge on any atom is 0.306 e. The molecule has 0 atom stereocenters. The first-order chi connectivity index (χ1) is 13.3. The number of amides is 2. The number of hydrogen-bond donors (Lipinski definition) is 2. The summed E-state index contributed by atoms with van der Waals surface area (Å²) in [4.78, 5) is 35.5. The van der Waals surface area contributed by atoms with Gasteiger partial charge in [-0.25, -0.2) is 0 Å². The van der Waals surface area contributed by atoms with Crippen LogP contribution in [0, 0.1) is 13.8 Å². The number of rotatable bonds is 8. The fraction of sp³-hybridized carbons (Fsp3) is 0.286. The molecule has 0 heterocycles. The van der Waals surface area contributed by atoms with E-state index >= 15 is 0 Å². The van der Waals surface area contributed by atoms with Gasteiger partial charge in [-0.3, -0.25) is 14.4 Å². The molecule has 0 saturated carbocycles. The zero-order chi connectivity index (χ0) is 20.5. The Kier molecular flexibility index (Phi) is 8.02. The smallest absolute Gasteiger partial charge is 0.306 e. The van der Waals surface area contributed by atoms with Crippen LogP contribution in [0.3, 0.4) is 0 Å². The number of anilines is 2. The molecule has 2 aromatic rings. The predicted octanol–water partition coefficient (Wildman–Crippen LogP) is 4.25. The number of aryl methyl sites for hydroxylation is 2. The van der Waals surface area contributed by atoms with Gasteiger partial charge in [-0.1, -0.05) is 35.9 Å². The van der Waals surface area contributed by atoms with Gasteiger partial charge in [0.25, 0.3) is 5.91 Å². The Morgan fingerprint density at radius 3 is 2.39 bits per heavy atom. The van der Waals surface area contributed by atoms with E-state index in [2.05, 4.69) is 10.6 Å². The minimum Gasteiger partial charge on any atom is -0.456 e. The van der Waals surface area contributed by atoms with E-state index in [1.54, 1.807) is 18.2 Å². The van der Waals surface area contributed by atoms with Crippen molar-refractivity contribution < 1.29 is 19.1 Å². The average Bonchev–Trinajstić information content (AvgIpc) is 2.65. The zero-order valence-electron chi connectivity index (χ0n) is 15.9. The largest absolute Gasteiger partial charge is 0.456 e. The lowest BCUT2D eigenvalue weighted by molar-refractivity contribution is -0.147. The van der Waals surface area contributed by atoms with Crippen LogP contribution < -0.4 is 10.6 Å². The number of nitrogens with one attached hydrogen (secondary N) is 2. The number of halogens is 1. The van der Waals surface area contributed by atoms with E-state index in [4.69, 9.17) is 16.3 Å². The summed E-state index contributed by atoms with van der Waals surface area (Å²) in [5.74, 6) is -1.15. The summed E-state index contributed by atoms with van der Waals surface area (Å²) in [6.45, 7) is 3.37. The molecule has 0 aromatic heterocycles. The van der Waals surface area contributed by atoms with E-state index in [1.807, 2.05) is 38.1 Å². The van der Waals surface area contributed by atoms with Crippen molar-refractivity contribution in [2.45, 2.75) is 33.1 Å². The van der Waals surface area contributed by atoms with Crippen molar-refractivity contribution in [3.8, 4) is 0 Å². The van der Waals surface area contributed by atoms with Crippen LogP contribution >= 0.6 is 11.6 Å². The molecule has 7 heteroatoms. The van der Waals surface area contributed by atoms with Crippen molar-refractivity contribution in [3.05, 3.63) is 58.6 Å². The summed E-state index contributed by atoms with van der Waals surface area (Å²) in [7, 11) is 0. The van der Waals surface area contributed by atoms with Gasteiger partial charge in [0.1, 0.15) is 0 Å². The first kappa shape index (κ1) is 21.4.